The number of carbonyl (C=O) groups excluding carboxylic acids is 1. The van der Waals surface area contributed by atoms with Crippen LogP contribution in [0.2, 0.25) is 0 Å². The molecule has 0 amide bonds. The average Bonchev–Trinajstić information content (AvgIpc) is 2.58. The summed E-state index contributed by atoms with van der Waals surface area (Å²) in [5.74, 6) is 0. The van der Waals surface area contributed by atoms with E-state index in [-0.39, 0.29) is 0 Å². The minimum Gasteiger partial charge on any atom is -0.434 e. The molecule has 1 radical (unpaired) electrons. The van der Waals surface area contributed by atoms with Gasteiger partial charge in [-0.05, 0) is 13.3 Å². The van der Waals surface area contributed by atoms with Gasteiger partial charge in [-0.25, -0.2) is 4.79 Å². The number of unbranched alkanes of at least 4 members (excludes halogenated alkanes) is 15. The predicted molar refractivity (Wildman–Crippen MR) is 102 cm³/mol. The molecule has 3 heteroatoms. The van der Waals surface area contributed by atoms with Crippen LogP contribution in [0.15, 0.2) is 0 Å². The Labute approximate surface area is 150 Å². The lowest BCUT2D eigenvalue weighted by molar-refractivity contribution is 0.0734. The van der Waals surface area contributed by atoms with Gasteiger partial charge in [-0.15, -0.1) is 0 Å². The van der Waals surface area contributed by atoms with Crippen LogP contribution in [0.3, 0.4) is 0 Å². The minimum atomic E-state index is -0.585. The molecule has 0 rings (SSSR count). The van der Waals surface area contributed by atoms with Crippen molar-refractivity contribution in [1.82, 2.24) is 0 Å². The SMILES string of the molecule is C[CH]OC(=O)OCCCCCCCCCCCCCCCCCC. The molecule has 0 aliphatic rings. The van der Waals surface area contributed by atoms with Crippen LogP contribution in [0.25, 0.3) is 0 Å². The van der Waals surface area contributed by atoms with Crippen molar-refractivity contribution in [2.75, 3.05) is 6.61 Å². The van der Waals surface area contributed by atoms with Crippen molar-refractivity contribution < 1.29 is 14.3 Å². The van der Waals surface area contributed by atoms with E-state index in [0.717, 1.165) is 12.8 Å². The zero-order valence-corrected chi connectivity index (χ0v) is 16.3. The average molecular weight is 342 g/mol. The Morgan fingerprint density at radius 1 is 0.667 bits per heavy atom. The lowest BCUT2D eigenvalue weighted by atomic mass is 10.0. The van der Waals surface area contributed by atoms with Gasteiger partial charge in [-0.2, -0.15) is 0 Å². The van der Waals surface area contributed by atoms with Crippen LogP contribution in [0.5, 0.6) is 0 Å². The van der Waals surface area contributed by atoms with E-state index in [9.17, 15) is 4.79 Å². The molecule has 3 nitrogen and oxygen atoms in total. The van der Waals surface area contributed by atoms with Crippen molar-refractivity contribution in [2.24, 2.45) is 0 Å². The maximum atomic E-state index is 10.9. The molecule has 0 aliphatic carbocycles. The molecule has 0 aromatic rings. The highest BCUT2D eigenvalue weighted by Gasteiger charge is 2.01. The van der Waals surface area contributed by atoms with E-state index in [4.69, 9.17) is 4.74 Å². The topological polar surface area (TPSA) is 35.5 Å². The van der Waals surface area contributed by atoms with Gasteiger partial charge in [0, 0.05) is 0 Å². The minimum absolute atomic E-state index is 0.477. The molecule has 0 saturated carbocycles. The molecule has 0 heterocycles. The summed E-state index contributed by atoms with van der Waals surface area (Å²) in [5.41, 5.74) is 0. The fourth-order valence-electron chi connectivity index (χ4n) is 2.94. The van der Waals surface area contributed by atoms with Gasteiger partial charge in [0.05, 0.1) is 6.61 Å². The van der Waals surface area contributed by atoms with Gasteiger partial charge in [-0.1, -0.05) is 103 Å². The smallest absolute Gasteiger partial charge is 0.434 e. The Hall–Kier alpha value is -0.730. The largest absolute Gasteiger partial charge is 0.508 e. The monoisotopic (exact) mass is 341 g/mol. The first-order valence-electron chi connectivity index (χ1n) is 10.4. The van der Waals surface area contributed by atoms with Crippen molar-refractivity contribution in [2.45, 2.75) is 117 Å². The van der Waals surface area contributed by atoms with Gasteiger partial charge in [0.2, 0.25) is 0 Å². The maximum absolute atomic E-state index is 10.9. The second-order valence-electron chi connectivity index (χ2n) is 6.76. The molecule has 143 valence electrons. The van der Waals surface area contributed by atoms with E-state index in [1.807, 2.05) is 0 Å². The highest BCUT2D eigenvalue weighted by molar-refractivity contribution is 5.60. The third-order valence-electron chi connectivity index (χ3n) is 4.43. The van der Waals surface area contributed by atoms with Crippen LogP contribution >= 0.6 is 0 Å². The highest BCUT2D eigenvalue weighted by atomic mass is 16.7. The fraction of sp³-hybridized carbons (Fsp3) is 0.905. The summed E-state index contributed by atoms with van der Waals surface area (Å²) in [5, 5.41) is 0. The molecule has 0 aromatic carbocycles. The first-order valence-corrected chi connectivity index (χ1v) is 10.4. The van der Waals surface area contributed by atoms with Gasteiger partial charge in [0.25, 0.3) is 0 Å². The summed E-state index contributed by atoms with van der Waals surface area (Å²) >= 11 is 0. The molecule has 24 heavy (non-hydrogen) atoms. The second kappa shape index (κ2) is 20.3. The van der Waals surface area contributed by atoms with E-state index < -0.39 is 6.16 Å². The van der Waals surface area contributed by atoms with Crippen molar-refractivity contribution >= 4 is 6.16 Å². The van der Waals surface area contributed by atoms with E-state index in [1.54, 1.807) is 6.92 Å². The number of rotatable bonds is 18. The van der Waals surface area contributed by atoms with Crippen LogP contribution in [-0.4, -0.2) is 12.8 Å². The molecular weight excluding hydrogens is 300 g/mol. The van der Waals surface area contributed by atoms with E-state index in [1.165, 1.54) is 96.5 Å². The summed E-state index contributed by atoms with van der Waals surface area (Å²) in [6.07, 6.45) is 21.0. The molecule has 0 bridgehead atoms. The molecule has 0 atom stereocenters. The van der Waals surface area contributed by atoms with E-state index in [2.05, 4.69) is 11.7 Å². The fourth-order valence-corrected chi connectivity index (χ4v) is 2.94. The molecule has 0 unspecified atom stereocenters. The Bertz CT molecular complexity index is 253. The summed E-state index contributed by atoms with van der Waals surface area (Å²) in [6, 6.07) is 0. The molecule has 0 N–H and O–H groups in total. The van der Waals surface area contributed by atoms with Crippen LogP contribution in [0.1, 0.15) is 117 Å². The van der Waals surface area contributed by atoms with Crippen molar-refractivity contribution in [3.63, 3.8) is 0 Å². The summed E-state index contributed by atoms with van der Waals surface area (Å²) < 4.78 is 9.49. The zero-order chi connectivity index (χ0) is 17.7. The lowest BCUT2D eigenvalue weighted by Crippen LogP contribution is -2.05. The molecular formula is C21H41O3. The predicted octanol–water partition coefficient (Wildman–Crippen LogP) is 7.58. The first-order chi connectivity index (χ1) is 11.8. The van der Waals surface area contributed by atoms with Crippen LogP contribution in [0, 0.1) is 6.61 Å². The van der Waals surface area contributed by atoms with Gasteiger partial charge < -0.3 is 9.47 Å². The van der Waals surface area contributed by atoms with Gasteiger partial charge in [-0.3, -0.25) is 0 Å². The zero-order valence-electron chi connectivity index (χ0n) is 16.3. The standard InChI is InChI=1S/C21H41O3/c1-3-5-6-7-8-9-10-11-12-13-14-15-16-17-18-19-20-24-21(22)23-4-2/h4H,3,5-20H2,1-2H3. The maximum Gasteiger partial charge on any atom is 0.508 e. The quantitative estimate of drug-likeness (QED) is 0.190. The highest BCUT2D eigenvalue weighted by Crippen LogP contribution is 2.13. The van der Waals surface area contributed by atoms with Gasteiger partial charge >= 0.3 is 6.16 Å². The summed E-state index contributed by atoms with van der Waals surface area (Å²) in [4.78, 5) is 10.9. The number of ether oxygens (including phenoxy) is 2. The third kappa shape index (κ3) is 19.3. The van der Waals surface area contributed by atoms with Crippen molar-refractivity contribution in [3.8, 4) is 0 Å². The summed E-state index contributed by atoms with van der Waals surface area (Å²) in [7, 11) is 0. The van der Waals surface area contributed by atoms with Crippen molar-refractivity contribution in [3.05, 3.63) is 6.61 Å². The Morgan fingerprint density at radius 3 is 1.42 bits per heavy atom. The van der Waals surface area contributed by atoms with Gasteiger partial charge in [0.15, 0.2) is 0 Å². The lowest BCUT2D eigenvalue weighted by Gasteiger charge is -2.04. The van der Waals surface area contributed by atoms with Crippen LogP contribution < -0.4 is 0 Å². The number of hydrogen-bond donors (Lipinski definition) is 0. The Kier molecular flexibility index (Phi) is 19.7. The van der Waals surface area contributed by atoms with E-state index >= 15 is 0 Å². The molecule has 0 aliphatic heterocycles. The Balaban J connectivity index is 3.01. The first kappa shape index (κ1) is 23.3. The van der Waals surface area contributed by atoms with Crippen LogP contribution in [-0.2, 0) is 9.47 Å². The molecule has 0 spiro atoms. The van der Waals surface area contributed by atoms with Crippen LogP contribution in [0.4, 0.5) is 4.79 Å². The van der Waals surface area contributed by atoms with Crippen molar-refractivity contribution in [1.29, 1.82) is 0 Å². The summed E-state index contributed by atoms with van der Waals surface area (Å²) in [6.45, 7) is 5.76. The van der Waals surface area contributed by atoms with Gasteiger partial charge in [0.1, 0.15) is 6.61 Å². The Morgan fingerprint density at radius 2 is 1.04 bits per heavy atom. The van der Waals surface area contributed by atoms with E-state index in [0.29, 0.717) is 6.61 Å². The second-order valence-corrected chi connectivity index (χ2v) is 6.76. The third-order valence-corrected chi connectivity index (χ3v) is 4.43. The number of hydrogen-bond acceptors (Lipinski definition) is 3. The number of carbonyl (C=O) groups is 1. The molecule has 0 fully saturated rings. The normalized spacial score (nSPS) is 10.8. The molecule has 0 aromatic heterocycles. The molecule has 0 saturated heterocycles.